The van der Waals surface area contributed by atoms with Gasteiger partial charge < -0.3 is 5.32 Å². The fourth-order valence-corrected chi connectivity index (χ4v) is 3.15. The zero-order valence-electron chi connectivity index (χ0n) is 14.7. The largest absolute Gasteiger partial charge is 0.316 e. The van der Waals surface area contributed by atoms with Gasteiger partial charge in [-0.15, -0.1) is 0 Å². The topological polar surface area (TPSA) is 56.0 Å². The summed E-state index contributed by atoms with van der Waals surface area (Å²) >= 11 is 12.0. The third-order valence-corrected chi connectivity index (χ3v) is 4.74. The van der Waals surface area contributed by atoms with Crippen LogP contribution in [0.15, 0.2) is 59.4 Å². The molecule has 138 valence electrons. The Labute approximate surface area is 166 Å². The number of benzene rings is 2. The lowest BCUT2D eigenvalue weighted by Crippen LogP contribution is -2.22. The molecule has 7 heteroatoms. The molecule has 0 bridgehead atoms. The number of rotatable bonds is 4. The molecule has 1 heterocycles. The highest BCUT2D eigenvalue weighted by atomic mass is 35.5. The molecule has 5 nitrogen and oxygen atoms in total. The second-order valence-electron chi connectivity index (χ2n) is 5.92. The summed E-state index contributed by atoms with van der Waals surface area (Å²) in [5.74, 6) is -0.424. The van der Waals surface area contributed by atoms with Gasteiger partial charge in [-0.3, -0.25) is 14.3 Å². The van der Waals surface area contributed by atoms with Crippen molar-refractivity contribution in [2.24, 2.45) is 7.05 Å². The molecular weight excluding hydrogens is 385 g/mol. The van der Waals surface area contributed by atoms with Crippen LogP contribution in [0.1, 0.15) is 11.3 Å². The number of halogens is 2. The summed E-state index contributed by atoms with van der Waals surface area (Å²) in [5, 5.41) is 3.62. The lowest BCUT2D eigenvalue weighted by Gasteiger charge is -2.07. The van der Waals surface area contributed by atoms with E-state index in [1.54, 1.807) is 42.9 Å². The number of carbonyl (C=O) groups is 1. The summed E-state index contributed by atoms with van der Waals surface area (Å²) in [6.45, 7) is 1.77. The molecule has 0 saturated carbocycles. The highest BCUT2D eigenvalue weighted by Crippen LogP contribution is 2.22. The summed E-state index contributed by atoms with van der Waals surface area (Å²) < 4.78 is 3.21. The van der Waals surface area contributed by atoms with Gasteiger partial charge in [0.15, 0.2) is 0 Å². The lowest BCUT2D eigenvalue weighted by atomic mass is 10.2. The van der Waals surface area contributed by atoms with E-state index in [1.165, 1.54) is 10.8 Å². The molecule has 0 unspecified atom stereocenters. The zero-order chi connectivity index (χ0) is 19.6. The number of amides is 1. The van der Waals surface area contributed by atoms with Crippen LogP contribution in [0.5, 0.6) is 0 Å². The predicted octanol–water partition coefficient (Wildman–Crippen LogP) is 4.44. The van der Waals surface area contributed by atoms with E-state index in [-0.39, 0.29) is 11.2 Å². The number of hydrogen-bond acceptors (Lipinski definition) is 2. The molecule has 27 heavy (non-hydrogen) atoms. The molecular formula is C20H17Cl2N3O2. The van der Waals surface area contributed by atoms with Crippen molar-refractivity contribution in [1.29, 1.82) is 0 Å². The Morgan fingerprint density at radius 3 is 2.48 bits per heavy atom. The zero-order valence-corrected chi connectivity index (χ0v) is 16.3. The van der Waals surface area contributed by atoms with Gasteiger partial charge in [0.25, 0.3) is 5.56 Å². The van der Waals surface area contributed by atoms with E-state index in [0.29, 0.717) is 21.3 Å². The third kappa shape index (κ3) is 3.99. The standard InChI is InChI=1S/C20H17Cl2N3O2/c1-13-19(20(27)25(24(13)2)16-6-4-3-5-7-16)23-18(26)11-9-14-8-10-15(21)12-17(14)22/h3-12H,1-2H3,(H,23,26)/b11-9+. The number of nitrogens with zero attached hydrogens (tertiary/aromatic N) is 2. The molecule has 0 aliphatic rings. The molecule has 1 N–H and O–H groups in total. The van der Waals surface area contributed by atoms with Gasteiger partial charge in [0.1, 0.15) is 5.69 Å². The molecule has 0 radical (unpaired) electrons. The fraction of sp³-hybridized carbons (Fsp3) is 0.100. The first-order valence-electron chi connectivity index (χ1n) is 8.16. The van der Waals surface area contributed by atoms with Crippen molar-refractivity contribution in [3.63, 3.8) is 0 Å². The second-order valence-corrected chi connectivity index (χ2v) is 6.77. The lowest BCUT2D eigenvalue weighted by molar-refractivity contribution is -0.111. The van der Waals surface area contributed by atoms with E-state index < -0.39 is 5.91 Å². The normalized spacial score (nSPS) is 11.1. The SMILES string of the molecule is Cc1c(NC(=O)/C=C/c2ccc(Cl)cc2Cl)c(=O)n(-c2ccccc2)n1C. The number of nitrogens with one attached hydrogen (secondary N) is 1. The van der Waals surface area contributed by atoms with Crippen molar-refractivity contribution >= 4 is 40.9 Å². The summed E-state index contributed by atoms with van der Waals surface area (Å²) in [4.78, 5) is 25.1. The van der Waals surface area contributed by atoms with Crippen molar-refractivity contribution in [3.8, 4) is 5.69 Å². The first-order chi connectivity index (χ1) is 12.9. The van der Waals surface area contributed by atoms with Crippen LogP contribution >= 0.6 is 23.2 Å². The average Bonchev–Trinajstić information content (AvgIpc) is 2.85. The highest BCUT2D eigenvalue weighted by molar-refractivity contribution is 6.35. The van der Waals surface area contributed by atoms with E-state index in [2.05, 4.69) is 5.32 Å². The Hall–Kier alpha value is -2.76. The molecule has 0 saturated heterocycles. The van der Waals surface area contributed by atoms with E-state index in [0.717, 1.165) is 5.69 Å². The van der Waals surface area contributed by atoms with Crippen LogP contribution in [0, 0.1) is 6.92 Å². The van der Waals surface area contributed by atoms with Crippen molar-refractivity contribution in [2.45, 2.75) is 6.92 Å². The van der Waals surface area contributed by atoms with Gasteiger partial charge in [-0.1, -0.05) is 47.5 Å². The summed E-state index contributed by atoms with van der Waals surface area (Å²) in [6, 6.07) is 14.2. The number of anilines is 1. The van der Waals surface area contributed by atoms with E-state index >= 15 is 0 Å². The van der Waals surface area contributed by atoms with Crippen molar-refractivity contribution in [3.05, 3.63) is 86.3 Å². The van der Waals surface area contributed by atoms with Gasteiger partial charge in [0.05, 0.1) is 11.4 Å². The molecule has 0 aliphatic carbocycles. The molecule has 2 aromatic carbocycles. The smallest absolute Gasteiger partial charge is 0.295 e. The van der Waals surface area contributed by atoms with Crippen LogP contribution in [0.3, 0.4) is 0 Å². The predicted molar refractivity (Wildman–Crippen MR) is 110 cm³/mol. The Bertz CT molecular complexity index is 1080. The molecule has 3 aromatic rings. The maximum atomic E-state index is 12.8. The Kier molecular flexibility index (Phi) is 5.54. The molecule has 0 fully saturated rings. The van der Waals surface area contributed by atoms with Crippen molar-refractivity contribution < 1.29 is 4.79 Å². The first kappa shape index (κ1) is 19.0. The Morgan fingerprint density at radius 1 is 1.11 bits per heavy atom. The van der Waals surface area contributed by atoms with Gasteiger partial charge >= 0.3 is 0 Å². The van der Waals surface area contributed by atoms with Crippen LogP contribution in [0.25, 0.3) is 11.8 Å². The minimum atomic E-state index is -0.424. The molecule has 1 aromatic heterocycles. The van der Waals surface area contributed by atoms with Crippen LogP contribution in [0.2, 0.25) is 10.0 Å². The van der Waals surface area contributed by atoms with Gasteiger partial charge in [-0.2, -0.15) is 0 Å². The van der Waals surface area contributed by atoms with Crippen molar-refractivity contribution in [1.82, 2.24) is 9.36 Å². The second kappa shape index (κ2) is 7.86. The summed E-state index contributed by atoms with van der Waals surface area (Å²) in [7, 11) is 1.77. The maximum absolute atomic E-state index is 12.8. The van der Waals surface area contributed by atoms with Gasteiger partial charge in [-0.25, -0.2) is 4.68 Å². The van der Waals surface area contributed by atoms with Gasteiger partial charge in [-0.05, 0) is 42.8 Å². The van der Waals surface area contributed by atoms with E-state index in [9.17, 15) is 9.59 Å². The Morgan fingerprint density at radius 2 is 1.81 bits per heavy atom. The van der Waals surface area contributed by atoms with Crippen LogP contribution < -0.4 is 10.9 Å². The maximum Gasteiger partial charge on any atom is 0.295 e. The van der Waals surface area contributed by atoms with Crippen LogP contribution in [-0.2, 0) is 11.8 Å². The average molecular weight is 402 g/mol. The number of para-hydroxylation sites is 1. The molecule has 0 aliphatic heterocycles. The Balaban J connectivity index is 1.87. The third-order valence-electron chi connectivity index (χ3n) is 4.18. The molecule has 0 atom stereocenters. The minimum absolute atomic E-state index is 0.234. The molecule has 0 spiro atoms. The van der Waals surface area contributed by atoms with Crippen LogP contribution in [0.4, 0.5) is 5.69 Å². The van der Waals surface area contributed by atoms with Gasteiger partial charge in [0, 0.05) is 23.2 Å². The highest BCUT2D eigenvalue weighted by Gasteiger charge is 2.17. The fourth-order valence-electron chi connectivity index (χ4n) is 2.68. The number of aromatic nitrogens is 2. The van der Waals surface area contributed by atoms with Gasteiger partial charge in [0.2, 0.25) is 5.91 Å². The van der Waals surface area contributed by atoms with Crippen molar-refractivity contribution in [2.75, 3.05) is 5.32 Å². The molecule has 3 rings (SSSR count). The quantitative estimate of drug-likeness (QED) is 0.656. The monoisotopic (exact) mass is 401 g/mol. The minimum Gasteiger partial charge on any atom is -0.316 e. The molecule has 1 amide bonds. The van der Waals surface area contributed by atoms with E-state index in [4.69, 9.17) is 23.2 Å². The number of hydrogen-bond donors (Lipinski definition) is 1. The number of carbonyl (C=O) groups excluding carboxylic acids is 1. The van der Waals surface area contributed by atoms with E-state index in [1.807, 2.05) is 30.3 Å². The summed E-state index contributed by atoms with van der Waals surface area (Å²) in [5.41, 5.74) is 1.96. The first-order valence-corrected chi connectivity index (χ1v) is 8.92. The van der Waals surface area contributed by atoms with Crippen LogP contribution in [-0.4, -0.2) is 15.3 Å². The summed E-state index contributed by atoms with van der Waals surface area (Å²) in [6.07, 6.45) is 2.90.